The summed E-state index contributed by atoms with van der Waals surface area (Å²) in [6.07, 6.45) is 0. The molecule has 2 N–H and O–H groups in total. The van der Waals surface area contributed by atoms with E-state index in [0.29, 0.717) is 28.8 Å². The van der Waals surface area contributed by atoms with Crippen LogP contribution >= 0.6 is 0 Å². The van der Waals surface area contributed by atoms with Crippen molar-refractivity contribution in [2.45, 2.75) is 11.5 Å². The smallest absolute Gasteiger partial charge is 0.324 e. The van der Waals surface area contributed by atoms with Gasteiger partial charge in [-0.15, -0.1) is 0 Å². The molecule has 27 heavy (non-hydrogen) atoms. The number of nitrogens with one attached hydrogen (secondary N) is 2. The lowest BCUT2D eigenvalue weighted by Crippen LogP contribution is -2.22. The Morgan fingerprint density at radius 1 is 1.07 bits per heavy atom. The van der Waals surface area contributed by atoms with Gasteiger partial charge in [0.2, 0.25) is 0 Å². The molecule has 0 radical (unpaired) electrons. The van der Waals surface area contributed by atoms with Crippen LogP contribution in [0.2, 0.25) is 0 Å². The van der Waals surface area contributed by atoms with Crippen LogP contribution in [-0.4, -0.2) is 27.1 Å². The molecule has 1 aliphatic heterocycles. The fourth-order valence-corrected chi connectivity index (χ4v) is 4.22. The van der Waals surface area contributed by atoms with Crippen LogP contribution in [0.3, 0.4) is 0 Å². The van der Waals surface area contributed by atoms with E-state index >= 15 is 0 Å². The number of aromatic nitrogens is 2. The van der Waals surface area contributed by atoms with Crippen molar-refractivity contribution in [2.75, 3.05) is 17.7 Å². The summed E-state index contributed by atoms with van der Waals surface area (Å²) in [5.74, 6) is 2.06. The number of para-hydroxylation sites is 1. The largest absolute Gasteiger partial charge is 0.497 e. The van der Waals surface area contributed by atoms with Gasteiger partial charge in [-0.05, 0) is 36.4 Å². The van der Waals surface area contributed by atoms with E-state index < -0.39 is 16.8 Å². The Morgan fingerprint density at radius 3 is 2.52 bits per heavy atom. The molecule has 2 heterocycles. The number of fused-ring (bicyclic) bond motifs is 1. The third-order valence-electron chi connectivity index (χ3n) is 4.25. The summed E-state index contributed by atoms with van der Waals surface area (Å²) in [7, 11) is 0.607. The number of carbonyl (C=O) groups excluding carboxylic acids is 1. The van der Waals surface area contributed by atoms with Crippen molar-refractivity contribution in [3.63, 3.8) is 0 Å². The Hall–Kier alpha value is -3.13. The van der Waals surface area contributed by atoms with Gasteiger partial charge < -0.3 is 10.1 Å². The van der Waals surface area contributed by atoms with Gasteiger partial charge in [0.15, 0.2) is 0 Å². The second-order valence-corrected chi connectivity index (χ2v) is 7.51. The summed E-state index contributed by atoms with van der Waals surface area (Å²) in [5, 5.41) is 10.2. The molecule has 1 aromatic heterocycles. The van der Waals surface area contributed by atoms with E-state index in [-0.39, 0.29) is 0 Å². The molecule has 0 saturated carbocycles. The molecule has 4 rings (SSSR count). The van der Waals surface area contributed by atoms with Crippen LogP contribution in [0.1, 0.15) is 11.3 Å². The van der Waals surface area contributed by atoms with Crippen LogP contribution in [0.15, 0.2) is 54.6 Å². The SMILES string of the molecule is COc1ccc(NC(=O)Nc2c3c(nn2-c2ccccc2)CS(=O)C3)cc1. The van der Waals surface area contributed by atoms with Gasteiger partial charge >= 0.3 is 6.03 Å². The van der Waals surface area contributed by atoms with Crippen molar-refractivity contribution in [3.8, 4) is 11.4 Å². The van der Waals surface area contributed by atoms with Gasteiger partial charge in [-0.1, -0.05) is 18.2 Å². The molecule has 0 bridgehead atoms. The van der Waals surface area contributed by atoms with E-state index in [1.165, 1.54) is 0 Å². The highest BCUT2D eigenvalue weighted by atomic mass is 32.2. The van der Waals surface area contributed by atoms with Crippen LogP contribution in [0.25, 0.3) is 5.69 Å². The number of ether oxygens (including phenoxy) is 1. The fraction of sp³-hybridized carbons (Fsp3) is 0.158. The minimum Gasteiger partial charge on any atom is -0.497 e. The molecule has 8 heteroatoms. The van der Waals surface area contributed by atoms with E-state index in [1.54, 1.807) is 36.1 Å². The number of amides is 2. The number of hydrogen-bond donors (Lipinski definition) is 2. The van der Waals surface area contributed by atoms with Crippen LogP contribution < -0.4 is 15.4 Å². The summed E-state index contributed by atoms with van der Waals surface area (Å²) in [6, 6.07) is 16.2. The molecular formula is C19H18N4O3S. The molecule has 0 fully saturated rings. The van der Waals surface area contributed by atoms with Crippen LogP contribution in [-0.2, 0) is 22.3 Å². The third kappa shape index (κ3) is 3.56. The average Bonchev–Trinajstić information content (AvgIpc) is 3.20. The molecule has 1 aliphatic rings. The number of nitrogens with zero attached hydrogens (tertiary/aromatic N) is 2. The Kier molecular flexibility index (Phi) is 4.64. The predicted octanol–water partition coefficient (Wildman–Crippen LogP) is 3.29. The number of benzene rings is 2. The Bertz CT molecular complexity index is 1000. The summed E-state index contributed by atoms with van der Waals surface area (Å²) < 4.78 is 18.7. The highest BCUT2D eigenvalue weighted by Crippen LogP contribution is 2.31. The minimum atomic E-state index is -0.981. The van der Waals surface area contributed by atoms with Crippen molar-refractivity contribution in [1.29, 1.82) is 0 Å². The quantitative estimate of drug-likeness (QED) is 0.725. The third-order valence-corrected chi connectivity index (χ3v) is 5.46. The lowest BCUT2D eigenvalue weighted by atomic mass is 10.2. The number of rotatable bonds is 4. The van der Waals surface area contributed by atoms with Crippen LogP contribution in [0, 0.1) is 0 Å². The molecule has 0 spiro atoms. The molecule has 2 aromatic carbocycles. The minimum absolute atomic E-state index is 0.389. The summed E-state index contributed by atoms with van der Waals surface area (Å²) >= 11 is 0. The number of carbonyl (C=O) groups is 1. The zero-order valence-electron chi connectivity index (χ0n) is 14.6. The molecule has 2 amide bonds. The molecule has 0 aliphatic carbocycles. The lowest BCUT2D eigenvalue weighted by Gasteiger charge is -2.12. The van der Waals surface area contributed by atoms with E-state index in [4.69, 9.17) is 4.74 Å². The Labute approximate surface area is 158 Å². The monoisotopic (exact) mass is 382 g/mol. The first kappa shape index (κ1) is 17.3. The van der Waals surface area contributed by atoms with Gasteiger partial charge in [0, 0.05) is 22.1 Å². The van der Waals surface area contributed by atoms with Gasteiger partial charge in [0.05, 0.1) is 30.0 Å². The van der Waals surface area contributed by atoms with Crippen LogP contribution in [0.5, 0.6) is 5.75 Å². The first-order chi connectivity index (χ1) is 13.1. The van der Waals surface area contributed by atoms with Gasteiger partial charge in [-0.3, -0.25) is 9.53 Å². The fourth-order valence-electron chi connectivity index (χ4n) is 2.96. The van der Waals surface area contributed by atoms with Crippen molar-refractivity contribution >= 4 is 28.3 Å². The van der Waals surface area contributed by atoms with Crippen LogP contribution in [0.4, 0.5) is 16.3 Å². The molecule has 138 valence electrons. The van der Waals surface area contributed by atoms with Gasteiger partial charge in [0.1, 0.15) is 11.6 Å². The maximum Gasteiger partial charge on any atom is 0.324 e. The average molecular weight is 382 g/mol. The summed E-state index contributed by atoms with van der Waals surface area (Å²) in [5.41, 5.74) is 3.05. The lowest BCUT2D eigenvalue weighted by molar-refractivity contribution is 0.262. The Morgan fingerprint density at radius 2 is 1.81 bits per heavy atom. The molecule has 1 atom stereocenters. The van der Waals surface area contributed by atoms with Crippen molar-refractivity contribution in [1.82, 2.24) is 9.78 Å². The van der Waals surface area contributed by atoms with Gasteiger partial charge in [-0.25, -0.2) is 9.48 Å². The van der Waals surface area contributed by atoms with E-state index in [9.17, 15) is 9.00 Å². The van der Waals surface area contributed by atoms with E-state index in [2.05, 4.69) is 15.7 Å². The highest BCUT2D eigenvalue weighted by Gasteiger charge is 2.28. The molecule has 0 saturated heterocycles. The second kappa shape index (κ2) is 7.24. The zero-order valence-corrected chi connectivity index (χ0v) is 15.5. The second-order valence-electron chi connectivity index (χ2n) is 6.06. The van der Waals surface area contributed by atoms with Crippen molar-refractivity contribution in [2.24, 2.45) is 0 Å². The topological polar surface area (TPSA) is 85.2 Å². The molecule has 3 aromatic rings. The molecule has 7 nitrogen and oxygen atoms in total. The maximum absolute atomic E-state index is 12.5. The normalized spacial score (nSPS) is 15.2. The van der Waals surface area contributed by atoms with E-state index in [1.807, 2.05) is 30.3 Å². The number of urea groups is 1. The molecule has 1 unspecified atom stereocenters. The zero-order chi connectivity index (χ0) is 18.8. The molecular weight excluding hydrogens is 364 g/mol. The van der Waals surface area contributed by atoms with Gasteiger partial charge in [-0.2, -0.15) is 5.10 Å². The summed E-state index contributed by atoms with van der Waals surface area (Å²) in [6.45, 7) is 0. The number of hydrogen-bond acceptors (Lipinski definition) is 4. The standard InChI is InChI=1S/C19H18N4O3S/c1-26-15-9-7-13(8-10-15)20-19(24)21-18-16-11-27(25)12-17(16)22-23(18)14-5-3-2-4-6-14/h2-10H,11-12H2,1H3,(H2,20,21,24). The maximum atomic E-state index is 12.5. The number of anilines is 2. The highest BCUT2D eigenvalue weighted by molar-refractivity contribution is 7.83. The predicted molar refractivity (Wildman–Crippen MR) is 105 cm³/mol. The number of methoxy groups -OCH3 is 1. The summed E-state index contributed by atoms with van der Waals surface area (Å²) in [4.78, 5) is 12.5. The van der Waals surface area contributed by atoms with Crippen molar-refractivity contribution < 1.29 is 13.7 Å². The van der Waals surface area contributed by atoms with Gasteiger partial charge in [0.25, 0.3) is 0 Å². The van der Waals surface area contributed by atoms with Crippen molar-refractivity contribution in [3.05, 3.63) is 65.9 Å². The van der Waals surface area contributed by atoms with E-state index in [0.717, 1.165) is 16.9 Å². The first-order valence-corrected chi connectivity index (χ1v) is 9.86. The Balaban J connectivity index is 1.60. The first-order valence-electron chi connectivity index (χ1n) is 8.37.